The van der Waals surface area contributed by atoms with E-state index in [1.165, 1.54) is 16.8 Å². The van der Waals surface area contributed by atoms with Crippen molar-refractivity contribution in [2.75, 3.05) is 0 Å². The Bertz CT molecular complexity index is 586. The number of hydrogen-bond donors (Lipinski definition) is 1. The highest BCUT2D eigenvalue weighted by Gasteiger charge is 2.03. The number of aliphatic carboxylic acids is 2. The van der Waals surface area contributed by atoms with Crippen molar-refractivity contribution >= 4 is 23.3 Å². The summed E-state index contributed by atoms with van der Waals surface area (Å²) in [4.78, 5) is 26.0. The van der Waals surface area contributed by atoms with Crippen LogP contribution in [0.5, 0.6) is 0 Å². The summed E-state index contributed by atoms with van der Waals surface area (Å²) < 4.78 is 0. The SMILES string of the molecule is CCc1cscc1Cc1cnc[nH]1.O=C([O-])/C=C/C(=O)[O-]. The first-order chi connectivity index (χ1) is 10.0. The molecule has 0 aliphatic heterocycles. The van der Waals surface area contributed by atoms with Crippen LogP contribution in [0.3, 0.4) is 0 Å². The number of aryl methyl sites for hydroxylation is 1. The molecule has 7 heteroatoms. The van der Waals surface area contributed by atoms with Gasteiger partial charge in [0.05, 0.1) is 18.3 Å². The number of aromatic nitrogens is 2. The highest BCUT2D eigenvalue weighted by Crippen LogP contribution is 2.18. The summed E-state index contributed by atoms with van der Waals surface area (Å²) >= 11 is 1.78. The van der Waals surface area contributed by atoms with Crippen molar-refractivity contribution in [3.63, 3.8) is 0 Å². The third-order valence-electron chi connectivity index (χ3n) is 2.51. The second-order valence-corrected chi connectivity index (χ2v) is 4.74. The van der Waals surface area contributed by atoms with Gasteiger partial charge < -0.3 is 24.8 Å². The van der Waals surface area contributed by atoms with Crippen LogP contribution < -0.4 is 10.2 Å². The number of nitrogens with zero attached hydrogens (tertiary/aromatic N) is 1. The molecule has 0 saturated heterocycles. The van der Waals surface area contributed by atoms with Gasteiger partial charge in [0, 0.05) is 18.3 Å². The number of imidazole rings is 1. The number of carbonyl (C=O) groups is 2. The van der Waals surface area contributed by atoms with Gasteiger partial charge in [-0.3, -0.25) is 0 Å². The Labute approximate surface area is 125 Å². The van der Waals surface area contributed by atoms with Gasteiger partial charge in [-0.1, -0.05) is 6.92 Å². The van der Waals surface area contributed by atoms with E-state index in [2.05, 4.69) is 27.7 Å². The molecule has 2 aromatic rings. The van der Waals surface area contributed by atoms with E-state index < -0.39 is 11.9 Å². The maximum Gasteiger partial charge on any atom is 0.0921 e. The molecule has 0 bridgehead atoms. The maximum atomic E-state index is 9.41. The topological polar surface area (TPSA) is 109 Å². The number of nitrogens with one attached hydrogen (secondary N) is 1. The maximum absolute atomic E-state index is 9.41. The molecule has 2 heterocycles. The number of rotatable bonds is 5. The van der Waals surface area contributed by atoms with E-state index in [9.17, 15) is 19.8 Å². The monoisotopic (exact) mass is 306 g/mol. The van der Waals surface area contributed by atoms with E-state index in [1.807, 2.05) is 6.20 Å². The Morgan fingerprint density at radius 3 is 2.33 bits per heavy atom. The van der Waals surface area contributed by atoms with Crippen molar-refractivity contribution in [1.82, 2.24) is 9.97 Å². The summed E-state index contributed by atoms with van der Waals surface area (Å²) in [6.07, 6.45) is 6.48. The number of hydrogen-bond acceptors (Lipinski definition) is 6. The zero-order valence-electron chi connectivity index (χ0n) is 11.4. The number of aromatic amines is 1. The number of carbonyl (C=O) groups excluding carboxylic acids is 2. The fourth-order valence-corrected chi connectivity index (χ4v) is 2.49. The predicted octanol–water partition coefficient (Wildman–Crippen LogP) is -0.333. The first kappa shape index (κ1) is 16.6. The minimum atomic E-state index is -1.55. The van der Waals surface area contributed by atoms with Crippen LogP contribution in [0.1, 0.15) is 23.7 Å². The van der Waals surface area contributed by atoms with Crippen molar-refractivity contribution in [3.05, 3.63) is 52.3 Å². The van der Waals surface area contributed by atoms with Gasteiger partial charge in [-0.05, 0) is 40.5 Å². The van der Waals surface area contributed by atoms with Crippen molar-refractivity contribution in [2.24, 2.45) is 0 Å². The molecule has 0 atom stereocenters. The Hall–Kier alpha value is -2.41. The summed E-state index contributed by atoms with van der Waals surface area (Å²) in [6.45, 7) is 2.19. The van der Waals surface area contributed by atoms with E-state index in [0.717, 1.165) is 12.8 Å². The minimum Gasteiger partial charge on any atom is -0.545 e. The molecule has 1 N–H and O–H groups in total. The molecule has 0 aliphatic rings. The molecule has 0 radical (unpaired) electrons. The number of H-pyrrole nitrogens is 1. The van der Waals surface area contributed by atoms with Gasteiger partial charge in [-0.2, -0.15) is 11.3 Å². The third-order valence-corrected chi connectivity index (χ3v) is 3.35. The van der Waals surface area contributed by atoms with Crippen LogP contribution in [-0.4, -0.2) is 21.9 Å². The van der Waals surface area contributed by atoms with Gasteiger partial charge >= 0.3 is 0 Å². The third kappa shape index (κ3) is 6.53. The van der Waals surface area contributed by atoms with Crippen LogP contribution in [0.4, 0.5) is 0 Å². The quantitative estimate of drug-likeness (QED) is 0.761. The van der Waals surface area contributed by atoms with Crippen LogP contribution >= 0.6 is 11.3 Å². The molecule has 0 saturated carbocycles. The first-order valence-corrected chi connectivity index (χ1v) is 7.08. The smallest absolute Gasteiger partial charge is 0.0921 e. The normalized spacial score (nSPS) is 10.1. The molecule has 0 spiro atoms. The van der Waals surface area contributed by atoms with Crippen LogP contribution in [0, 0.1) is 0 Å². The van der Waals surface area contributed by atoms with Gasteiger partial charge in [0.15, 0.2) is 0 Å². The van der Waals surface area contributed by atoms with Gasteiger partial charge in [0.2, 0.25) is 0 Å². The van der Waals surface area contributed by atoms with E-state index >= 15 is 0 Å². The Morgan fingerprint density at radius 1 is 1.24 bits per heavy atom. The summed E-state index contributed by atoms with van der Waals surface area (Å²) in [5.41, 5.74) is 4.07. The molecule has 0 unspecified atom stereocenters. The van der Waals surface area contributed by atoms with Gasteiger partial charge in [0.1, 0.15) is 0 Å². The lowest BCUT2D eigenvalue weighted by molar-refractivity contribution is -0.301. The average molecular weight is 306 g/mol. The van der Waals surface area contributed by atoms with Crippen molar-refractivity contribution in [3.8, 4) is 0 Å². The largest absolute Gasteiger partial charge is 0.545 e. The lowest BCUT2D eigenvalue weighted by Gasteiger charge is -1.98. The molecule has 0 aromatic carbocycles. The summed E-state index contributed by atoms with van der Waals surface area (Å²) in [5.74, 6) is -3.09. The second kappa shape index (κ2) is 8.70. The van der Waals surface area contributed by atoms with Gasteiger partial charge in [-0.25, -0.2) is 4.98 Å². The zero-order chi connectivity index (χ0) is 15.7. The highest BCUT2D eigenvalue weighted by atomic mass is 32.1. The average Bonchev–Trinajstić information content (AvgIpc) is 3.09. The minimum absolute atomic E-state index is 0.384. The molecule has 2 aromatic heterocycles. The van der Waals surface area contributed by atoms with Crippen LogP contribution in [0.15, 0.2) is 35.4 Å². The lowest BCUT2D eigenvalue weighted by Crippen LogP contribution is -2.23. The van der Waals surface area contributed by atoms with E-state index in [0.29, 0.717) is 12.2 Å². The van der Waals surface area contributed by atoms with Crippen molar-refractivity contribution in [1.29, 1.82) is 0 Å². The predicted molar refractivity (Wildman–Crippen MR) is 74.2 cm³/mol. The zero-order valence-corrected chi connectivity index (χ0v) is 12.2. The fourth-order valence-electron chi connectivity index (χ4n) is 1.54. The molecule has 2 rings (SSSR count). The van der Waals surface area contributed by atoms with E-state index in [-0.39, 0.29) is 0 Å². The highest BCUT2D eigenvalue weighted by molar-refractivity contribution is 7.08. The molecule has 0 fully saturated rings. The summed E-state index contributed by atoms with van der Waals surface area (Å²) in [5, 5.41) is 23.3. The van der Waals surface area contributed by atoms with Crippen molar-refractivity contribution < 1.29 is 19.8 Å². The summed E-state index contributed by atoms with van der Waals surface area (Å²) in [7, 11) is 0. The fraction of sp³-hybridized carbons (Fsp3) is 0.214. The Kier molecular flexibility index (Phi) is 6.90. The number of thiophene rings is 1. The Balaban J connectivity index is 0.000000240. The van der Waals surface area contributed by atoms with Crippen LogP contribution in [0.2, 0.25) is 0 Å². The number of carboxylic acid groups (broad SMARTS) is 2. The van der Waals surface area contributed by atoms with Gasteiger partial charge in [0.25, 0.3) is 0 Å². The molecule has 6 nitrogen and oxygen atoms in total. The van der Waals surface area contributed by atoms with Crippen LogP contribution in [0.25, 0.3) is 0 Å². The molecule has 0 aliphatic carbocycles. The molecule has 112 valence electrons. The number of carboxylic acids is 2. The van der Waals surface area contributed by atoms with E-state index in [4.69, 9.17) is 0 Å². The van der Waals surface area contributed by atoms with E-state index in [1.54, 1.807) is 17.7 Å². The van der Waals surface area contributed by atoms with Crippen LogP contribution in [-0.2, 0) is 22.4 Å². The standard InChI is InChI=1S/C10H12N2S.C4H4O4/c1-2-8-5-13-6-9(8)3-10-4-11-7-12-10;5-3(6)1-2-4(7)8/h4-7H,2-3H2,1H3,(H,11,12);1-2H,(H,5,6)(H,7,8)/p-2/b;2-1+. The van der Waals surface area contributed by atoms with Crippen molar-refractivity contribution in [2.45, 2.75) is 19.8 Å². The lowest BCUT2D eigenvalue weighted by atomic mass is 10.1. The van der Waals surface area contributed by atoms with Gasteiger partial charge in [-0.15, -0.1) is 0 Å². The summed E-state index contributed by atoms with van der Waals surface area (Å²) in [6, 6.07) is 0. The Morgan fingerprint density at radius 2 is 1.86 bits per heavy atom. The molecule has 0 amide bonds. The first-order valence-electron chi connectivity index (χ1n) is 6.14. The molecule has 21 heavy (non-hydrogen) atoms. The second-order valence-electron chi connectivity index (χ2n) is 4.00. The molecular weight excluding hydrogens is 292 g/mol. The molecular formula is C14H14N2O4S-2.